The molecule has 0 aromatic heterocycles. The summed E-state index contributed by atoms with van der Waals surface area (Å²) in [5, 5.41) is 3.02. The summed E-state index contributed by atoms with van der Waals surface area (Å²) in [4.78, 5) is 11.2. The van der Waals surface area contributed by atoms with Crippen LogP contribution in [-0.4, -0.2) is 11.8 Å². The van der Waals surface area contributed by atoms with E-state index in [4.69, 9.17) is 0 Å². The Labute approximate surface area is 96.9 Å². The first kappa shape index (κ1) is 15.1. The van der Waals surface area contributed by atoms with Gasteiger partial charge in [0.1, 0.15) is 5.78 Å². The van der Waals surface area contributed by atoms with Crippen molar-refractivity contribution in [1.82, 2.24) is 5.09 Å². The molecule has 0 aliphatic heterocycles. The van der Waals surface area contributed by atoms with Crippen LogP contribution in [0.3, 0.4) is 0 Å². The zero-order valence-corrected chi connectivity index (χ0v) is 11.5. The Bertz CT molecular complexity index is 167. The van der Waals surface area contributed by atoms with E-state index in [9.17, 15) is 4.79 Å². The van der Waals surface area contributed by atoms with Gasteiger partial charge in [0.05, 0.1) is 6.04 Å². The fourth-order valence-electron chi connectivity index (χ4n) is 2.11. The third-order valence-corrected chi connectivity index (χ3v) is 3.39. The maximum absolute atomic E-state index is 11.2. The molecule has 2 atom stereocenters. The lowest BCUT2D eigenvalue weighted by molar-refractivity contribution is -0.118. The lowest BCUT2D eigenvalue weighted by Gasteiger charge is -2.24. The smallest absolute Gasteiger partial charge is 0.146 e. The third-order valence-electron chi connectivity index (χ3n) is 2.99. The molecule has 1 N–H and O–H groups in total. The predicted octanol–water partition coefficient (Wildman–Crippen LogP) is 3.32. The third kappa shape index (κ3) is 6.27. The summed E-state index contributed by atoms with van der Waals surface area (Å²) < 4.78 is 0. The second kappa shape index (κ2) is 9.30. The van der Waals surface area contributed by atoms with Gasteiger partial charge in [0.25, 0.3) is 0 Å². The van der Waals surface area contributed by atoms with Gasteiger partial charge in [-0.15, -0.1) is 0 Å². The van der Waals surface area contributed by atoms with Gasteiger partial charge in [-0.3, -0.25) is 9.88 Å². The van der Waals surface area contributed by atoms with Crippen LogP contribution >= 0.6 is 9.39 Å². The van der Waals surface area contributed by atoms with Gasteiger partial charge in [-0.2, -0.15) is 0 Å². The number of ketones is 1. The Hall–Kier alpha value is 0.0600. The minimum Gasteiger partial charge on any atom is -0.298 e. The van der Waals surface area contributed by atoms with Crippen molar-refractivity contribution in [2.24, 2.45) is 5.92 Å². The highest BCUT2D eigenvalue weighted by Crippen LogP contribution is 2.27. The number of rotatable bonds is 4. The van der Waals surface area contributed by atoms with Crippen molar-refractivity contribution in [2.75, 3.05) is 0 Å². The number of hydrogen-bond acceptors (Lipinski definition) is 2. The molecule has 1 aliphatic rings. The monoisotopic (exact) mass is 231 g/mol. The molecule has 0 spiro atoms. The maximum atomic E-state index is 11.2. The van der Waals surface area contributed by atoms with Crippen molar-refractivity contribution in [1.29, 1.82) is 0 Å². The van der Waals surface area contributed by atoms with Crippen molar-refractivity contribution < 1.29 is 4.79 Å². The van der Waals surface area contributed by atoms with Crippen LogP contribution in [-0.2, 0) is 4.79 Å². The van der Waals surface area contributed by atoms with Crippen LogP contribution in [0.25, 0.3) is 0 Å². The van der Waals surface area contributed by atoms with Crippen LogP contribution in [0.15, 0.2) is 0 Å². The van der Waals surface area contributed by atoms with E-state index in [0.717, 1.165) is 12.3 Å². The summed E-state index contributed by atoms with van der Waals surface area (Å²) in [5.41, 5.74) is 0. The average molecular weight is 231 g/mol. The first-order valence-corrected chi connectivity index (χ1v) is 6.78. The number of hydrogen-bond donors (Lipinski definition) is 1. The summed E-state index contributed by atoms with van der Waals surface area (Å²) in [5.74, 6) is 1.04. The van der Waals surface area contributed by atoms with Crippen LogP contribution in [0.2, 0.25) is 0 Å². The Morgan fingerprint density at radius 1 is 1.33 bits per heavy atom. The molecule has 0 radical (unpaired) electrons. The van der Waals surface area contributed by atoms with Crippen molar-refractivity contribution in [3.63, 3.8) is 0 Å². The highest BCUT2D eigenvalue weighted by molar-refractivity contribution is 7.13. The van der Waals surface area contributed by atoms with Crippen molar-refractivity contribution in [3.8, 4) is 0 Å². The van der Waals surface area contributed by atoms with Crippen LogP contribution in [0, 0.1) is 5.92 Å². The molecule has 2 unspecified atom stereocenters. The van der Waals surface area contributed by atoms with Crippen LogP contribution in [0.4, 0.5) is 0 Å². The van der Waals surface area contributed by atoms with E-state index < -0.39 is 0 Å². The molecule has 1 aliphatic carbocycles. The van der Waals surface area contributed by atoms with Crippen molar-refractivity contribution in [2.45, 2.75) is 65.3 Å². The van der Waals surface area contributed by atoms with Gasteiger partial charge in [-0.25, -0.2) is 0 Å². The first-order valence-electron chi connectivity index (χ1n) is 6.20. The topological polar surface area (TPSA) is 29.1 Å². The summed E-state index contributed by atoms with van der Waals surface area (Å²) in [6, 6.07) is 0.0631. The molecule has 0 aromatic carbocycles. The zero-order valence-electron chi connectivity index (χ0n) is 10.4. The van der Waals surface area contributed by atoms with Gasteiger partial charge in [0.15, 0.2) is 0 Å². The second-order valence-electron chi connectivity index (χ2n) is 4.07. The maximum Gasteiger partial charge on any atom is 0.146 e. The van der Waals surface area contributed by atoms with E-state index >= 15 is 0 Å². The van der Waals surface area contributed by atoms with Crippen LogP contribution in [0.5, 0.6) is 0 Å². The Morgan fingerprint density at radius 3 is 2.27 bits per heavy atom. The van der Waals surface area contributed by atoms with Gasteiger partial charge in [0.2, 0.25) is 0 Å². The largest absolute Gasteiger partial charge is 0.298 e. The lowest BCUT2D eigenvalue weighted by atomic mass is 9.84. The van der Waals surface area contributed by atoms with E-state index in [1.807, 2.05) is 13.8 Å². The SMILES string of the molecule is CC.CC(=O)C(CC1CCCCC1)NP. The predicted molar refractivity (Wildman–Crippen MR) is 69.9 cm³/mol. The molecular formula is C12H26NOP. The molecule has 1 fully saturated rings. The summed E-state index contributed by atoms with van der Waals surface area (Å²) >= 11 is 0. The number of Topliss-reactive ketones (excluding diaryl/α,β-unsaturated/α-hetero) is 1. The quantitative estimate of drug-likeness (QED) is 0.752. The molecule has 0 bridgehead atoms. The first-order chi connectivity index (χ1) is 7.24. The zero-order chi connectivity index (χ0) is 11.7. The summed E-state index contributed by atoms with van der Waals surface area (Å²) in [7, 11) is 2.46. The van der Waals surface area contributed by atoms with E-state index in [1.165, 1.54) is 32.1 Å². The molecule has 0 aromatic rings. The van der Waals surface area contributed by atoms with Gasteiger partial charge in [-0.05, 0) is 19.3 Å². The molecule has 0 saturated heterocycles. The molecule has 0 heterocycles. The molecule has 2 nitrogen and oxygen atoms in total. The Balaban J connectivity index is 0.000000921. The van der Waals surface area contributed by atoms with E-state index in [2.05, 4.69) is 14.5 Å². The summed E-state index contributed by atoms with van der Waals surface area (Å²) in [6.07, 6.45) is 7.75. The fourth-order valence-corrected chi connectivity index (χ4v) is 2.48. The van der Waals surface area contributed by atoms with E-state index in [1.54, 1.807) is 6.92 Å². The van der Waals surface area contributed by atoms with Gasteiger partial charge in [-0.1, -0.05) is 55.3 Å². The van der Waals surface area contributed by atoms with Gasteiger partial charge in [0, 0.05) is 0 Å². The average Bonchev–Trinajstić information content (AvgIpc) is 2.29. The minimum atomic E-state index is 0.0631. The van der Waals surface area contributed by atoms with Gasteiger partial charge < -0.3 is 0 Å². The summed E-state index contributed by atoms with van der Waals surface area (Å²) in [6.45, 7) is 5.67. The Morgan fingerprint density at radius 2 is 1.87 bits per heavy atom. The molecule has 1 rings (SSSR count). The number of carbonyl (C=O) groups is 1. The molecule has 15 heavy (non-hydrogen) atoms. The molecule has 90 valence electrons. The number of carbonyl (C=O) groups excluding carboxylic acids is 1. The van der Waals surface area contributed by atoms with Crippen LogP contribution in [0.1, 0.15) is 59.3 Å². The van der Waals surface area contributed by atoms with Crippen molar-refractivity contribution in [3.05, 3.63) is 0 Å². The highest BCUT2D eigenvalue weighted by atomic mass is 31.0. The lowest BCUT2D eigenvalue weighted by Crippen LogP contribution is -2.31. The molecular weight excluding hydrogens is 205 g/mol. The second-order valence-corrected chi connectivity index (χ2v) is 4.40. The van der Waals surface area contributed by atoms with Crippen LogP contribution < -0.4 is 5.09 Å². The van der Waals surface area contributed by atoms with E-state index in [-0.39, 0.29) is 11.8 Å². The molecule has 0 amide bonds. The molecule has 3 heteroatoms. The highest BCUT2D eigenvalue weighted by Gasteiger charge is 2.20. The van der Waals surface area contributed by atoms with Crippen molar-refractivity contribution >= 4 is 15.2 Å². The molecule has 1 saturated carbocycles. The fraction of sp³-hybridized carbons (Fsp3) is 0.917. The normalized spacial score (nSPS) is 18.9. The minimum absolute atomic E-state index is 0.0631. The van der Waals surface area contributed by atoms with Gasteiger partial charge >= 0.3 is 0 Å². The Kier molecular flexibility index (Phi) is 9.33. The van der Waals surface area contributed by atoms with E-state index in [0.29, 0.717) is 0 Å². The standard InChI is InChI=1S/C10H20NOP.C2H6/c1-8(12)10(11-13)7-9-5-3-2-4-6-9;1-2/h9-11H,2-7,13H2,1H3;1-2H3. The number of nitrogens with one attached hydrogen (secondary N) is 1.